The van der Waals surface area contributed by atoms with Crippen LogP contribution in [0.5, 0.6) is 0 Å². The Balaban J connectivity index is 1.33. The van der Waals surface area contributed by atoms with Crippen LogP contribution in [0, 0.1) is 0 Å². The SMILES string of the molecule is CC(=O)c1cccc(-c2ccccc2CNc2cc(NC3CC3)n3ncc(/C=C4\NC(=O)NC4=O)c3n2)c1. The zero-order valence-electron chi connectivity index (χ0n) is 20.6. The van der Waals surface area contributed by atoms with Crippen molar-refractivity contribution in [1.82, 2.24) is 25.2 Å². The smallest absolute Gasteiger partial charge is 0.326 e. The first-order valence-electron chi connectivity index (χ1n) is 12.4. The number of hydrogen-bond acceptors (Lipinski definition) is 7. The summed E-state index contributed by atoms with van der Waals surface area (Å²) < 4.78 is 1.70. The summed E-state index contributed by atoms with van der Waals surface area (Å²) in [6, 6.07) is 17.4. The molecule has 10 heteroatoms. The summed E-state index contributed by atoms with van der Waals surface area (Å²) in [5, 5.41) is 16.1. The van der Waals surface area contributed by atoms with Gasteiger partial charge < -0.3 is 16.0 Å². The van der Waals surface area contributed by atoms with Crippen molar-refractivity contribution in [3.05, 3.63) is 83.2 Å². The minimum absolute atomic E-state index is 0.0249. The Morgan fingerprint density at radius 3 is 2.71 bits per heavy atom. The fraction of sp³-hybridized carbons (Fsp3) is 0.179. The summed E-state index contributed by atoms with van der Waals surface area (Å²) in [5.74, 6) is 0.947. The highest BCUT2D eigenvalue weighted by Crippen LogP contribution is 2.29. The minimum atomic E-state index is -0.559. The Bertz CT molecular complexity index is 1630. The van der Waals surface area contributed by atoms with Crippen molar-refractivity contribution in [3.8, 4) is 11.1 Å². The van der Waals surface area contributed by atoms with E-state index in [9.17, 15) is 14.4 Å². The van der Waals surface area contributed by atoms with Crippen LogP contribution in [0.2, 0.25) is 0 Å². The van der Waals surface area contributed by atoms with E-state index < -0.39 is 11.9 Å². The van der Waals surface area contributed by atoms with Crippen LogP contribution in [0.1, 0.15) is 41.3 Å². The summed E-state index contributed by atoms with van der Waals surface area (Å²) >= 11 is 0. The molecule has 3 amide bonds. The number of ketones is 1. The Morgan fingerprint density at radius 2 is 1.95 bits per heavy atom. The van der Waals surface area contributed by atoms with E-state index in [1.165, 1.54) is 0 Å². The Kier molecular flexibility index (Phi) is 5.83. The molecule has 2 aromatic heterocycles. The van der Waals surface area contributed by atoms with E-state index in [-0.39, 0.29) is 11.5 Å². The average molecular weight is 508 g/mol. The molecular weight excluding hydrogens is 482 g/mol. The third-order valence-electron chi connectivity index (χ3n) is 6.51. The number of imide groups is 1. The molecule has 2 aromatic carbocycles. The molecule has 0 radical (unpaired) electrons. The van der Waals surface area contributed by atoms with E-state index in [1.54, 1.807) is 23.7 Å². The molecule has 0 atom stereocenters. The number of nitrogens with zero attached hydrogens (tertiary/aromatic N) is 3. The highest BCUT2D eigenvalue weighted by Gasteiger charge is 2.25. The number of carbonyl (C=O) groups excluding carboxylic acids is 3. The van der Waals surface area contributed by atoms with E-state index in [1.807, 2.05) is 54.6 Å². The highest BCUT2D eigenvalue weighted by atomic mass is 16.2. The molecule has 0 spiro atoms. The number of hydrogen-bond donors (Lipinski definition) is 4. The fourth-order valence-corrected chi connectivity index (χ4v) is 4.40. The second-order valence-electron chi connectivity index (χ2n) is 9.39. The number of rotatable bonds is 8. The Morgan fingerprint density at radius 1 is 1.11 bits per heavy atom. The van der Waals surface area contributed by atoms with Gasteiger partial charge in [-0.25, -0.2) is 9.78 Å². The van der Waals surface area contributed by atoms with Gasteiger partial charge in [-0.05, 0) is 48.6 Å². The predicted molar refractivity (Wildman–Crippen MR) is 143 cm³/mol. The first-order chi connectivity index (χ1) is 18.4. The number of carbonyl (C=O) groups is 3. The monoisotopic (exact) mass is 507 g/mol. The van der Waals surface area contributed by atoms with Gasteiger partial charge in [0.15, 0.2) is 11.4 Å². The molecule has 1 saturated heterocycles. The van der Waals surface area contributed by atoms with E-state index >= 15 is 0 Å². The van der Waals surface area contributed by atoms with Crippen LogP contribution in [0.15, 0.2) is 66.5 Å². The molecule has 0 unspecified atom stereocenters. The molecular formula is C28H25N7O3. The third-order valence-corrected chi connectivity index (χ3v) is 6.51. The van der Waals surface area contributed by atoms with Crippen molar-refractivity contribution >= 4 is 41.1 Å². The third kappa shape index (κ3) is 4.71. The first-order valence-corrected chi connectivity index (χ1v) is 12.4. The van der Waals surface area contributed by atoms with Gasteiger partial charge in [0.05, 0.1) is 6.20 Å². The topological polar surface area (TPSA) is 130 Å². The van der Waals surface area contributed by atoms with Crippen LogP contribution < -0.4 is 21.3 Å². The zero-order valence-corrected chi connectivity index (χ0v) is 20.6. The molecule has 6 rings (SSSR count). The van der Waals surface area contributed by atoms with Crippen molar-refractivity contribution in [1.29, 1.82) is 0 Å². The predicted octanol–water partition coefficient (Wildman–Crippen LogP) is 3.97. The number of anilines is 2. The van der Waals surface area contributed by atoms with Gasteiger partial charge in [0.25, 0.3) is 5.91 Å². The van der Waals surface area contributed by atoms with Crippen molar-refractivity contribution in [2.45, 2.75) is 32.4 Å². The fourth-order valence-electron chi connectivity index (χ4n) is 4.40. The second kappa shape index (κ2) is 9.47. The molecule has 10 nitrogen and oxygen atoms in total. The van der Waals surface area contributed by atoms with Crippen LogP contribution >= 0.6 is 0 Å². The maximum absolute atomic E-state index is 12.0. The van der Waals surface area contributed by atoms with Crippen molar-refractivity contribution in [2.75, 3.05) is 10.6 Å². The Hall–Kier alpha value is -4.99. The van der Waals surface area contributed by atoms with Gasteiger partial charge in [-0.15, -0.1) is 0 Å². The lowest BCUT2D eigenvalue weighted by Gasteiger charge is -2.14. The number of benzene rings is 2. The number of urea groups is 1. The zero-order chi connectivity index (χ0) is 26.2. The van der Waals surface area contributed by atoms with Gasteiger partial charge in [-0.2, -0.15) is 9.61 Å². The molecule has 2 fully saturated rings. The average Bonchev–Trinajstić information content (AvgIpc) is 3.55. The normalized spacial score (nSPS) is 16.0. The van der Waals surface area contributed by atoms with Crippen LogP contribution in [-0.2, 0) is 11.3 Å². The summed E-state index contributed by atoms with van der Waals surface area (Å²) in [4.78, 5) is 40.3. The molecule has 3 heterocycles. The van der Waals surface area contributed by atoms with E-state index in [0.717, 1.165) is 35.3 Å². The number of nitrogens with one attached hydrogen (secondary N) is 4. The van der Waals surface area contributed by atoms with Gasteiger partial charge in [0.1, 0.15) is 17.3 Å². The van der Waals surface area contributed by atoms with Crippen LogP contribution in [-0.4, -0.2) is 38.4 Å². The van der Waals surface area contributed by atoms with E-state index in [2.05, 4.69) is 26.4 Å². The molecule has 1 aliphatic heterocycles. The van der Waals surface area contributed by atoms with Crippen LogP contribution in [0.4, 0.5) is 16.4 Å². The molecule has 4 N–H and O–H groups in total. The highest BCUT2D eigenvalue weighted by molar-refractivity contribution is 6.14. The van der Waals surface area contributed by atoms with E-state index in [4.69, 9.17) is 4.98 Å². The second-order valence-corrected chi connectivity index (χ2v) is 9.39. The number of Topliss-reactive ketones (excluding diaryl/α,β-unsaturated/α-hetero) is 1. The van der Waals surface area contributed by atoms with Crippen molar-refractivity contribution in [3.63, 3.8) is 0 Å². The standard InChI is InChI=1S/C28H25N7O3/c1-16(36)17-6-4-7-18(11-17)22-8-3-2-5-19(22)14-29-24-13-25(31-21-9-10-21)35-26(33-24)20(15-30-35)12-23-27(37)34-28(38)32-23/h2-8,11-13,15,21,31H,9-10,14H2,1H3,(H,29,33)(H2,32,34,37,38)/b23-12-. The maximum atomic E-state index is 12.0. The molecule has 0 bridgehead atoms. The van der Waals surface area contributed by atoms with Crippen LogP contribution in [0.25, 0.3) is 22.9 Å². The summed E-state index contributed by atoms with van der Waals surface area (Å²) in [7, 11) is 0. The molecule has 190 valence electrons. The van der Waals surface area contributed by atoms with Crippen molar-refractivity contribution < 1.29 is 14.4 Å². The summed E-state index contributed by atoms with van der Waals surface area (Å²) in [5.41, 5.74) is 5.00. The number of amides is 3. The molecule has 38 heavy (non-hydrogen) atoms. The van der Waals surface area contributed by atoms with Crippen molar-refractivity contribution in [2.24, 2.45) is 0 Å². The van der Waals surface area contributed by atoms with Gasteiger partial charge in [0, 0.05) is 29.8 Å². The molecule has 2 aliphatic rings. The lowest BCUT2D eigenvalue weighted by atomic mass is 9.97. The number of fused-ring (bicyclic) bond motifs is 1. The van der Waals surface area contributed by atoms with Gasteiger partial charge in [0.2, 0.25) is 0 Å². The van der Waals surface area contributed by atoms with E-state index in [0.29, 0.717) is 35.2 Å². The summed E-state index contributed by atoms with van der Waals surface area (Å²) in [6.45, 7) is 2.06. The quantitative estimate of drug-likeness (QED) is 0.161. The lowest BCUT2D eigenvalue weighted by Crippen LogP contribution is -2.22. The molecule has 1 aliphatic carbocycles. The van der Waals surface area contributed by atoms with Gasteiger partial charge in [-0.3, -0.25) is 14.9 Å². The largest absolute Gasteiger partial charge is 0.367 e. The molecule has 4 aromatic rings. The summed E-state index contributed by atoms with van der Waals surface area (Å²) in [6.07, 6.45) is 5.36. The minimum Gasteiger partial charge on any atom is -0.367 e. The van der Waals surface area contributed by atoms with Gasteiger partial charge in [-0.1, -0.05) is 42.5 Å². The molecule has 1 saturated carbocycles. The lowest BCUT2D eigenvalue weighted by molar-refractivity contribution is -0.115. The number of aromatic nitrogens is 3. The Labute approximate surface area is 218 Å². The first kappa shape index (κ1) is 23.4. The maximum Gasteiger partial charge on any atom is 0.326 e. The van der Waals surface area contributed by atoms with Crippen LogP contribution in [0.3, 0.4) is 0 Å². The van der Waals surface area contributed by atoms with Gasteiger partial charge >= 0.3 is 6.03 Å².